The molecule has 1 rings (SSSR count). The summed E-state index contributed by atoms with van der Waals surface area (Å²) in [4.78, 5) is 2.56. The predicted molar refractivity (Wildman–Crippen MR) is 73.4 cm³/mol. The Hall–Kier alpha value is -0.120. The number of rotatable bonds is 6. The maximum Gasteiger partial charge on any atom is 0.0753 e. The van der Waals surface area contributed by atoms with Gasteiger partial charge in [0.15, 0.2) is 0 Å². The zero-order valence-corrected chi connectivity index (χ0v) is 12.3. The summed E-state index contributed by atoms with van der Waals surface area (Å²) >= 11 is 0. The first kappa shape index (κ1) is 14.9. The van der Waals surface area contributed by atoms with Crippen LogP contribution < -0.4 is 5.32 Å². The largest absolute Gasteiger partial charge is 0.373 e. The molecule has 0 spiro atoms. The van der Waals surface area contributed by atoms with Crippen molar-refractivity contribution in [2.24, 2.45) is 5.41 Å². The first-order valence-corrected chi connectivity index (χ1v) is 6.98. The Morgan fingerprint density at radius 2 is 2.06 bits per heavy atom. The van der Waals surface area contributed by atoms with E-state index in [1.54, 1.807) is 0 Å². The van der Waals surface area contributed by atoms with Gasteiger partial charge in [0.2, 0.25) is 0 Å². The van der Waals surface area contributed by atoms with Crippen molar-refractivity contribution < 1.29 is 4.74 Å². The van der Waals surface area contributed by atoms with Gasteiger partial charge in [0.25, 0.3) is 0 Å². The molecule has 0 radical (unpaired) electrons. The fourth-order valence-corrected chi connectivity index (χ4v) is 2.51. The van der Waals surface area contributed by atoms with E-state index in [4.69, 9.17) is 4.74 Å². The van der Waals surface area contributed by atoms with Gasteiger partial charge < -0.3 is 10.1 Å². The molecule has 0 aromatic rings. The van der Waals surface area contributed by atoms with Crippen molar-refractivity contribution >= 4 is 0 Å². The highest BCUT2D eigenvalue weighted by molar-refractivity contribution is 4.85. The molecular formula is C14H30N2O. The Morgan fingerprint density at radius 3 is 2.59 bits per heavy atom. The highest BCUT2D eigenvalue weighted by Crippen LogP contribution is 2.25. The molecule has 1 saturated heterocycles. The fraction of sp³-hybridized carbons (Fsp3) is 1.00. The maximum absolute atomic E-state index is 5.77. The second-order valence-corrected chi connectivity index (χ2v) is 6.26. The van der Waals surface area contributed by atoms with Gasteiger partial charge in [0.05, 0.1) is 12.2 Å². The summed E-state index contributed by atoms with van der Waals surface area (Å²) in [6.07, 6.45) is 1.22. The van der Waals surface area contributed by atoms with Crippen LogP contribution >= 0.6 is 0 Å². The van der Waals surface area contributed by atoms with E-state index in [1.807, 2.05) is 0 Å². The number of nitrogens with zero attached hydrogens (tertiary/aromatic N) is 1. The third kappa shape index (κ3) is 4.94. The van der Waals surface area contributed by atoms with Crippen LogP contribution in [-0.2, 0) is 4.74 Å². The lowest BCUT2D eigenvalue weighted by molar-refractivity contribution is -0.0935. The number of hydrogen-bond acceptors (Lipinski definition) is 3. The van der Waals surface area contributed by atoms with Crippen molar-refractivity contribution in [3.05, 3.63) is 0 Å². The van der Waals surface area contributed by atoms with E-state index < -0.39 is 0 Å². The van der Waals surface area contributed by atoms with Crippen LogP contribution in [0.3, 0.4) is 0 Å². The molecule has 0 amide bonds. The molecule has 1 unspecified atom stereocenters. The summed E-state index contributed by atoms with van der Waals surface area (Å²) in [6.45, 7) is 17.6. The van der Waals surface area contributed by atoms with Gasteiger partial charge in [0, 0.05) is 26.2 Å². The van der Waals surface area contributed by atoms with E-state index in [9.17, 15) is 0 Å². The van der Waals surface area contributed by atoms with Crippen molar-refractivity contribution in [1.82, 2.24) is 10.2 Å². The minimum Gasteiger partial charge on any atom is -0.373 e. The summed E-state index contributed by atoms with van der Waals surface area (Å²) < 4.78 is 5.77. The van der Waals surface area contributed by atoms with Crippen molar-refractivity contribution in [2.75, 3.05) is 39.3 Å². The molecule has 3 heteroatoms. The lowest BCUT2D eigenvalue weighted by atomic mass is 9.86. The molecule has 1 atom stereocenters. The van der Waals surface area contributed by atoms with E-state index in [1.165, 1.54) is 13.0 Å². The number of morpholine rings is 1. The van der Waals surface area contributed by atoms with Crippen LogP contribution in [0.4, 0.5) is 0 Å². The molecule has 0 aromatic carbocycles. The first-order chi connectivity index (χ1) is 7.91. The van der Waals surface area contributed by atoms with Crippen molar-refractivity contribution in [1.29, 1.82) is 0 Å². The summed E-state index contributed by atoms with van der Waals surface area (Å²) in [6, 6.07) is 0. The Morgan fingerprint density at radius 1 is 1.35 bits per heavy atom. The van der Waals surface area contributed by atoms with Crippen LogP contribution in [0.25, 0.3) is 0 Å². The van der Waals surface area contributed by atoms with Gasteiger partial charge in [-0.25, -0.2) is 0 Å². The van der Waals surface area contributed by atoms with E-state index in [0.717, 1.165) is 32.8 Å². The van der Waals surface area contributed by atoms with Gasteiger partial charge in [-0.3, -0.25) is 4.90 Å². The monoisotopic (exact) mass is 242 g/mol. The summed E-state index contributed by atoms with van der Waals surface area (Å²) in [5.41, 5.74) is 0.397. The third-order valence-electron chi connectivity index (χ3n) is 3.77. The summed E-state index contributed by atoms with van der Waals surface area (Å²) in [5, 5.41) is 3.49. The Balaban J connectivity index is 2.49. The minimum absolute atomic E-state index is 0.0189. The molecule has 1 aliphatic heterocycles. The van der Waals surface area contributed by atoms with Crippen LogP contribution in [0, 0.1) is 5.41 Å². The van der Waals surface area contributed by atoms with E-state index in [0.29, 0.717) is 5.41 Å². The topological polar surface area (TPSA) is 24.5 Å². The first-order valence-electron chi connectivity index (χ1n) is 6.98. The van der Waals surface area contributed by atoms with Gasteiger partial charge in [-0.15, -0.1) is 0 Å². The number of hydrogen-bond donors (Lipinski definition) is 1. The second-order valence-electron chi connectivity index (χ2n) is 6.26. The molecule has 17 heavy (non-hydrogen) atoms. The van der Waals surface area contributed by atoms with Crippen molar-refractivity contribution in [3.8, 4) is 0 Å². The molecule has 1 aliphatic rings. The molecule has 1 heterocycles. The van der Waals surface area contributed by atoms with Gasteiger partial charge in [-0.1, -0.05) is 20.8 Å². The lowest BCUT2D eigenvalue weighted by Gasteiger charge is -2.42. The lowest BCUT2D eigenvalue weighted by Crippen LogP contribution is -2.52. The second kappa shape index (κ2) is 6.17. The Labute approximate surface area is 107 Å². The molecule has 1 fully saturated rings. The molecule has 0 saturated carbocycles. The fourth-order valence-electron chi connectivity index (χ4n) is 2.51. The number of nitrogens with one attached hydrogen (secondary N) is 1. The standard InChI is InChI=1S/C14H30N2O/c1-6-14(5,10-15-7-2)12-16-8-9-17-13(3,4)11-16/h15H,6-12H2,1-5H3. The molecule has 0 aromatic heterocycles. The zero-order chi connectivity index (χ0) is 12.9. The van der Waals surface area contributed by atoms with E-state index in [-0.39, 0.29) is 5.60 Å². The van der Waals surface area contributed by atoms with Crippen LogP contribution in [0.1, 0.15) is 41.0 Å². The summed E-state index contributed by atoms with van der Waals surface area (Å²) in [5.74, 6) is 0. The smallest absolute Gasteiger partial charge is 0.0753 e. The summed E-state index contributed by atoms with van der Waals surface area (Å²) in [7, 11) is 0. The molecule has 0 bridgehead atoms. The van der Waals surface area contributed by atoms with Crippen LogP contribution in [0.15, 0.2) is 0 Å². The maximum atomic E-state index is 5.77. The van der Waals surface area contributed by atoms with E-state index >= 15 is 0 Å². The van der Waals surface area contributed by atoms with Crippen LogP contribution in [0.2, 0.25) is 0 Å². The number of ether oxygens (including phenoxy) is 1. The average molecular weight is 242 g/mol. The molecule has 3 nitrogen and oxygen atoms in total. The van der Waals surface area contributed by atoms with Crippen LogP contribution in [-0.4, -0.2) is 49.8 Å². The molecule has 0 aliphatic carbocycles. The van der Waals surface area contributed by atoms with Crippen molar-refractivity contribution in [3.63, 3.8) is 0 Å². The van der Waals surface area contributed by atoms with Crippen molar-refractivity contribution in [2.45, 2.75) is 46.6 Å². The normalized spacial score (nSPS) is 24.5. The minimum atomic E-state index is 0.0189. The Kier molecular flexibility index (Phi) is 5.42. The molecule has 102 valence electrons. The predicted octanol–water partition coefficient (Wildman–Crippen LogP) is 2.12. The zero-order valence-electron chi connectivity index (χ0n) is 12.3. The third-order valence-corrected chi connectivity index (χ3v) is 3.77. The molecule has 1 N–H and O–H groups in total. The molecular weight excluding hydrogens is 212 g/mol. The van der Waals surface area contributed by atoms with Gasteiger partial charge in [-0.05, 0) is 32.2 Å². The van der Waals surface area contributed by atoms with Crippen LogP contribution in [0.5, 0.6) is 0 Å². The highest BCUT2D eigenvalue weighted by atomic mass is 16.5. The Bertz CT molecular complexity index is 230. The quantitative estimate of drug-likeness (QED) is 0.772. The average Bonchev–Trinajstić information content (AvgIpc) is 2.25. The SMILES string of the molecule is CCNCC(C)(CC)CN1CCOC(C)(C)C1. The highest BCUT2D eigenvalue weighted by Gasteiger charge is 2.31. The van der Waals surface area contributed by atoms with Gasteiger partial charge in [-0.2, -0.15) is 0 Å². The van der Waals surface area contributed by atoms with Gasteiger partial charge in [0.1, 0.15) is 0 Å². The van der Waals surface area contributed by atoms with Gasteiger partial charge >= 0.3 is 0 Å². The van der Waals surface area contributed by atoms with E-state index in [2.05, 4.69) is 44.8 Å².